The molecule has 17 heavy (non-hydrogen) atoms. The lowest BCUT2D eigenvalue weighted by Crippen LogP contribution is -2.02. The number of benzene rings is 2. The third-order valence-electron chi connectivity index (χ3n) is 2.29. The van der Waals surface area contributed by atoms with Crippen molar-refractivity contribution in [2.24, 2.45) is 0 Å². The van der Waals surface area contributed by atoms with Crippen LogP contribution in [0, 0.1) is 0 Å². The number of carbonyl (C=O) groups is 1. The Morgan fingerprint density at radius 3 is 2.35 bits per heavy atom. The summed E-state index contributed by atoms with van der Waals surface area (Å²) in [5.41, 5.74) is 0.746. The summed E-state index contributed by atoms with van der Waals surface area (Å²) in [5.74, 6) is 0.610. The first-order chi connectivity index (χ1) is 8.27. The van der Waals surface area contributed by atoms with Gasteiger partial charge in [-0.3, -0.25) is 4.79 Å². The smallest absolute Gasteiger partial charge is 0.174 e. The van der Waals surface area contributed by atoms with E-state index in [9.17, 15) is 4.79 Å². The number of Topliss-reactive ketones (excluding diaryl/α,β-unsaturated/α-hetero) is 1. The summed E-state index contributed by atoms with van der Waals surface area (Å²) in [6.07, 6.45) is 0. The molecule has 0 aliphatic carbocycles. The third-order valence-corrected chi connectivity index (χ3v) is 3.99. The lowest BCUT2D eigenvalue weighted by atomic mass is 10.1. The first-order valence-electron chi connectivity index (χ1n) is 5.23. The first-order valence-corrected chi connectivity index (χ1v) is 7.01. The Kier molecular flexibility index (Phi) is 4.40. The number of hydrogen-bond donors (Lipinski definition) is 0. The summed E-state index contributed by atoms with van der Waals surface area (Å²) in [7, 11) is 0. The molecule has 0 atom stereocenters. The van der Waals surface area contributed by atoms with E-state index in [1.165, 1.54) is 0 Å². The number of thioether (sulfide) groups is 1. The molecule has 86 valence electrons. The minimum atomic E-state index is 0.145. The number of ketones is 1. The summed E-state index contributed by atoms with van der Waals surface area (Å²) in [6.45, 7) is 0. The van der Waals surface area contributed by atoms with Crippen molar-refractivity contribution in [3.05, 3.63) is 64.6 Å². The van der Waals surface area contributed by atoms with Crippen LogP contribution in [0.5, 0.6) is 0 Å². The van der Waals surface area contributed by atoms with E-state index in [0.29, 0.717) is 5.75 Å². The van der Waals surface area contributed by atoms with Crippen molar-refractivity contribution >= 4 is 33.5 Å². The number of carbonyl (C=O) groups excluding carboxylic acids is 1. The fourth-order valence-electron chi connectivity index (χ4n) is 1.43. The molecule has 0 saturated heterocycles. The average molecular weight is 307 g/mol. The summed E-state index contributed by atoms with van der Waals surface area (Å²) >= 11 is 4.95. The van der Waals surface area contributed by atoms with E-state index in [1.54, 1.807) is 11.8 Å². The Hall–Kier alpha value is -1.06. The highest BCUT2D eigenvalue weighted by Gasteiger charge is 2.09. The second-order valence-electron chi connectivity index (χ2n) is 3.50. The van der Waals surface area contributed by atoms with E-state index in [0.717, 1.165) is 14.9 Å². The normalized spacial score (nSPS) is 10.2. The van der Waals surface area contributed by atoms with Crippen molar-refractivity contribution in [2.75, 3.05) is 5.75 Å². The predicted molar refractivity (Wildman–Crippen MR) is 75.6 cm³/mol. The van der Waals surface area contributed by atoms with Gasteiger partial charge in [-0.1, -0.05) is 52.3 Å². The van der Waals surface area contributed by atoms with Gasteiger partial charge in [0.25, 0.3) is 0 Å². The maximum Gasteiger partial charge on any atom is 0.174 e. The standard InChI is InChI=1S/C14H11BrOS/c15-13-9-5-4-8-12(13)14(16)10-17-11-6-2-1-3-7-11/h1-9H,10H2. The van der Waals surface area contributed by atoms with Crippen molar-refractivity contribution in [2.45, 2.75) is 4.90 Å². The van der Waals surface area contributed by atoms with E-state index in [-0.39, 0.29) is 5.78 Å². The molecular weight excluding hydrogens is 296 g/mol. The van der Waals surface area contributed by atoms with E-state index in [4.69, 9.17) is 0 Å². The quantitative estimate of drug-likeness (QED) is 0.614. The lowest BCUT2D eigenvalue weighted by Gasteiger charge is -2.03. The van der Waals surface area contributed by atoms with Crippen molar-refractivity contribution in [3.63, 3.8) is 0 Å². The molecule has 0 radical (unpaired) electrons. The van der Waals surface area contributed by atoms with Gasteiger partial charge in [0.05, 0.1) is 5.75 Å². The van der Waals surface area contributed by atoms with Crippen LogP contribution in [0.25, 0.3) is 0 Å². The third kappa shape index (κ3) is 3.45. The minimum Gasteiger partial charge on any atom is -0.293 e. The molecule has 2 aromatic carbocycles. The number of halogens is 1. The van der Waals surface area contributed by atoms with Gasteiger partial charge in [-0.25, -0.2) is 0 Å². The SMILES string of the molecule is O=C(CSc1ccccc1)c1ccccc1Br. The van der Waals surface area contributed by atoms with Crippen LogP contribution in [0.2, 0.25) is 0 Å². The van der Waals surface area contributed by atoms with Crippen LogP contribution in [-0.4, -0.2) is 11.5 Å². The monoisotopic (exact) mass is 306 g/mol. The number of rotatable bonds is 4. The van der Waals surface area contributed by atoms with E-state index < -0.39 is 0 Å². The molecule has 0 aliphatic rings. The van der Waals surface area contributed by atoms with E-state index >= 15 is 0 Å². The molecule has 0 unspecified atom stereocenters. The molecule has 0 aromatic heterocycles. The van der Waals surface area contributed by atoms with Gasteiger partial charge in [0.1, 0.15) is 0 Å². The zero-order chi connectivity index (χ0) is 12.1. The van der Waals surface area contributed by atoms with Crippen LogP contribution in [0.15, 0.2) is 64.0 Å². The van der Waals surface area contributed by atoms with Gasteiger partial charge in [0.15, 0.2) is 5.78 Å². The van der Waals surface area contributed by atoms with Crippen molar-refractivity contribution in [1.82, 2.24) is 0 Å². The van der Waals surface area contributed by atoms with Crippen LogP contribution >= 0.6 is 27.7 Å². The Morgan fingerprint density at radius 1 is 1.00 bits per heavy atom. The van der Waals surface area contributed by atoms with E-state index in [1.807, 2.05) is 54.6 Å². The molecule has 0 N–H and O–H groups in total. The van der Waals surface area contributed by atoms with Crippen molar-refractivity contribution in [1.29, 1.82) is 0 Å². The summed E-state index contributed by atoms with van der Waals surface area (Å²) in [5, 5.41) is 0. The maximum atomic E-state index is 12.0. The molecule has 0 saturated carbocycles. The zero-order valence-corrected chi connectivity index (χ0v) is 11.5. The summed E-state index contributed by atoms with van der Waals surface area (Å²) in [4.78, 5) is 13.1. The van der Waals surface area contributed by atoms with Gasteiger partial charge < -0.3 is 0 Å². The van der Waals surface area contributed by atoms with Gasteiger partial charge in [0.2, 0.25) is 0 Å². The summed E-state index contributed by atoms with van der Waals surface area (Å²) in [6, 6.07) is 17.5. The largest absolute Gasteiger partial charge is 0.293 e. The molecule has 0 amide bonds. The van der Waals surface area contributed by atoms with Gasteiger partial charge >= 0.3 is 0 Å². The molecule has 0 aliphatic heterocycles. The van der Waals surface area contributed by atoms with Gasteiger partial charge in [0, 0.05) is 14.9 Å². The fourth-order valence-corrected chi connectivity index (χ4v) is 2.74. The van der Waals surface area contributed by atoms with Crippen molar-refractivity contribution < 1.29 is 4.79 Å². The lowest BCUT2D eigenvalue weighted by molar-refractivity contribution is 0.102. The predicted octanol–water partition coefficient (Wildman–Crippen LogP) is 4.42. The van der Waals surface area contributed by atoms with Gasteiger partial charge in [-0.2, -0.15) is 0 Å². The topological polar surface area (TPSA) is 17.1 Å². The Morgan fingerprint density at radius 2 is 1.65 bits per heavy atom. The fraction of sp³-hybridized carbons (Fsp3) is 0.0714. The Balaban J connectivity index is 2.01. The van der Waals surface area contributed by atoms with Crippen LogP contribution in [0.4, 0.5) is 0 Å². The Labute approximate surface area is 113 Å². The Bertz CT molecular complexity index is 511. The highest BCUT2D eigenvalue weighted by atomic mass is 79.9. The van der Waals surface area contributed by atoms with E-state index in [2.05, 4.69) is 15.9 Å². The molecule has 0 spiro atoms. The highest BCUT2D eigenvalue weighted by Crippen LogP contribution is 2.22. The summed E-state index contributed by atoms with van der Waals surface area (Å²) < 4.78 is 0.860. The van der Waals surface area contributed by atoms with Crippen molar-refractivity contribution in [3.8, 4) is 0 Å². The molecule has 0 bridgehead atoms. The molecule has 0 heterocycles. The second kappa shape index (κ2) is 6.03. The first kappa shape index (κ1) is 12.4. The van der Waals surface area contributed by atoms with Crippen LogP contribution in [0.1, 0.15) is 10.4 Å². The maximum absolute atomic E-state index is 12.0. The molecule has 0 fully saturated rings. The molecule has 1 nitrogen and oxygen atoms in total. The molecule has 2 rings (SSSR count). The molecule has 3 heteroatoms. The number of hydrogen-bond acceptors (Lipinski definition) is 2. The van der Waals surface area contributed by atoms with Crippen LogP contribution in [0.3, 0.4) is 0 Å². The minimum absolute atomic E-state index is 0.145. The second-order valence-corrected chi connectivity index (χ2v) is 5.41. The van der Waals surface area contributed by atoms with Crippen LogP contribution < -0.4 is 0 Å². The van der Waals surface area contributed by atoms with Gasteiger partial charge in [-0.05, 0) is 18.2 Å². The van der Waals surface area contributed by atoms with Gasteiger partial charge in [-0.15, -0.1) is 11.8 Å². The molecule has 2 aromatic rings. The molecular formula is C14H11BrOS. The average Bonchev–Trinajstić information content (AvgIpc) is 2.38. The zero-order valence-electron chi connectivity index (χ0n) is 9.10. The van der Waals surface area contributed by atoms with Crippen LogP contribution in [-0.2, 0) is 0 Å². The highest BCUT2D eigenvalue weighted by molar-refractivity contribution is 9.10.